The standard InChI is InChI=1S/C85H144O17P2/c1-5-9-13-17-21-25-29-33-37-38-39-40-44-46-50-54-58-62-66-70-83(88)96-76-81(102-85(90)72-68-64-60-56-52-48-43-36-32-28-24-20-16-12-8-4)78-100-104(93,94)98-74-79(86)73-97-103(91,92)99-77-80(101-84(89)71-67-63-59-55-51-47-42-35-31-27-23-19-15-11-7-3)75-95-82(87)69-65-61-57-53-49-45-41-34-30-26-22-18-14-10-6-2/h10,14,21-22,24-26,28,33-37,39-43,49,53,61,65,79-81,86H,5-9,11-13,15-20,23,27,29-32,38,44-48,50-52,54-60,62-64,66-78H2,1-4H3,(H,91,92)(H,93,94)/b14-10-,25-21-,26-22-,28-24-,37-33-,40-39-,41-34-,42-35-,43-36-,53-49-,65-61-. The maximum absolute atomic E-state index is 13.1. The van der Waals surface area contributed by atoms with Gasteiger partial charge in [0.25, 0.3) is 0 Å². The molecular weight excluding hydrogens is 1350 g/mol. The van der Waals surface area contributed by atoms with Crippen molar-refractivity contribution in [2.45, 2.75) is 341 Å². The molecule has 5 atom stereocenters. The van der Waals surface area contributed by atoms with Crippen LogP contribution in [0.5, 0.6) is 0 Å². The minimum absolute atomic E-state index is 0.0629. The SMILES string of the molecule is CC/C=C\C/C=C\C/C=C\C/C=C\C/C=C\CC(=O)OCC(COP(=O)(O)OCC(O)COP(=O)(O)OCC(COC(=O)CCCCCCCC/C=C\C/C=C\C/C=C\CCCCC)OC(=O)CCCCCCC/C=C\C/C=C\CCCCC)OC(=O)CCCCCCC/C=C\CCCCCCCC. The van der Waals surface area contributed by atoms with Crippen LogP contribution in [-0.2, 0) is 65.4 Å². The molecule has 0 aromatic heterocycles. The second-order valence-corrected chi connectivity index (χ2v) is 29.5. The van der Waals surface area contributed by atoms with Crippen molar-refractivity contribution in [1.29, 1.82) is 0 Å². The maximum Gasteiger partial charge on any atom is 0.472 e. The Morgan fingerprint density at radius 1 is 0.288 bits per heavy atom. The molecule has 0 aliphatic carbocycles. The lowest BCUT2D eigenvalue weighted by Crippen LogP contribution is -2.30. The Kier molecular flexibility index (Phi) is 72.9. The van der Waals surface area contributed by atoms with E-state index >= 15 is 0 Å². The second-order valence-electron chi connectivity index (χ2n) is 26.6. The van der Waals surface area contributed by atoms with Crippen molar-refractivity contribution in [2.24, 2.45) is 0 Å². The summed E-state index contributed by atoms with van der Waals surface area (Å²) >= 11 is 0. The molecule has 0 aliphatic rings. The highest BCUT2D eigenvalue weighted by Crippen LogP contribution is 2.45. The van der Waals surface area contributed by atoms with Gasteiger partial charge in [-0.2, -0.15) is 0 Å². The summed E-state index contributed by atoms with van der Waals surface area (Å²) in [5.41, 5.74) is 0. The van der Waals surface area contributed by atoms with Gasteiger partial charge in [-0.3, -0.25) is 37.3 Å². The third-order valence-corrected chi connectivity index (χ3v) is 18.5. The average molecular weight is 1500 g/mol. The third-order valence-electron chi connectivity index (χ3n) is 16.6. The molecule has 17 nitrogen and oxygen atoms in total. The van der Waals surface area contributed by atoms with E-state index in [1.54, 1.807) is 6.08 Å². The molecule has 0 heterocycles. The number of aliphatic hydroxyl groups excluding tert-OH is 1. The molecule has 0 saturated heterocycles. The van der Waals surface area contributed by atoms with Crippen LogP contribution in [0.3, 0.4) is 0 Å². The largest absolute Gasteiger partial charge is 0.472 e. The van der Waals surface area contributed by atoms with Crippen molar-refractivity contribution in [3.63, 3.8) is 0 Å². The molecule has 104 heavy (non-hydrogen) atoms. The van der Waals surface area contributed by atoms with Crippen LogP contribution in [0.4, 0.5) is 0 Å². The fraction of sp³-hybridized carbons (Fsp3) is 0.694. The number of phosphoric acid groups is 2. The molecule has 0 aromatic carbocycles. The van der Waals surface area contributed by atoms with Crippen LogP contribution in [0.1, 0.15) is 323 Å². The molecule has 0 saturated carbocycles. The summed E-state index contributed by atoms with van der Waals surface area (Å²) in [6.07, 6.45) is 86.0. The predicted octanol–water partition coefficient (Wildman–Crippen LogP) is 23.7. The lowest BCUT2D eigenvalue weighted by atomic mass is 10.1. The maximum atomic E-state index is 13.1. The number of esters is 4. The van der Waals surface area contributed by atoms with Gasteiger partial charge in [0, 0.05) is 19.3 Å². The molecule has 0 fully saturated rings. The number of hydrogen-bond donors (Lipinski definition) is 3. The monoisotopic (exact) mass is 1500 g/mol. The Morgan fingerprint density at radius 3 is 0.885 bits per heavy atom. The first kappa shape index (κ1) is 99.2. The van der Waals surface area contributed by atoms with Crippen LogP contribution < -0.4 is 0 Å². The van der Waals surface area contributed by atoms with Gasteiger partial charge in [0.15, 0.2) is 12.2 Å². The van der Waals surface area contributed by atoms with Crippen LogP contribution in [0, 0.1) is 0 Å². The molecule has 0 aromatic rings. The molecule has 0 spiro atoms. The minimum atomic E-state index is -5.00. The predicted molar refractivity (Wildman–Crippen MR) is 427 cm³/mol. The Hall–Kier alpha value is -4.80. The first-order chi connectivity index (χ1) is 50.7. The normalized spacial score (nSPS) is 14.6. The quantitative estimate of drug-likeness (QED) is 0.0169. The Morgan fingerprint density at radius 2 is 0.538 bits per heavy atom. The van der Waals surface area contributed by atoms with Crippen LogP contribution in [0.2, 0.25) is 0 Å². The molecule has 0 bridgehead atoms. The first-order valence-corrected chi connectivity index (χ1v) is 43.4. The Bertz CT molecular complexity index is 2490. The molecule has 3 N–H and O–H groups in total. The molecule has 596 valence electrons. The van der Waals surface area contributed by atoms with Gasteiger partial charge < -0.3 is 33.8 Å². The molecule has 0 radical (unpaired) electrons. The molecule has 0 aliphatic heterocycles. The summed E-state index contributed by atoms with van der Waals surface area (Å²) < 4.78 is 68.5. The summed E-state index contributed by atoms with van der Waals surface area (Å²) in [6, 6.07) is 0. The highest BCUT2D eigenvalue weighted by atomic mass is 31.2. The molecule has 0 amide bonds. The van der Waals surface area contributed by atoms with Gasteiger partial charge in [-0.25, -0.2) is 9.13 Å². The van der Waals surface area contributed by atoms with Crippen molar-refractivity contribution in [3.8, 4) is 0 Å². The zero-order chi connectivity index (χ0) is 76.0. The molecule has 5 unspecified atom stereocenters. The third kappa shape index (κ3) is 75.4. The van der Waals surface area contributed by atoms with E-state index in [1.165, 1.54) is 77.0 Å². The van der Waals surface area contributed by atoms with Crippen LogP contribution in [0.25, 0.3) is 0 Å². The lowest BCUT2D eigenvalue weighted by molar-refractivity contribution is -0.161. The van der Waals surface area contributed by atoms with E-state index in [1.807, 2.05) is 18.2 Å². The second kappa shape index (κ2) is 76.4. The van der Waals surface area contributed by atoms with E-state index < -0.39 is 97.5 Å². The van der Waals surface area contributed by atoms with Gasteiger partial charge in [-0.05, 0) is 148 Å². The van der Waals surface area contributed by atoms with Gasteiger partial charge in [0.05, 0.1) is 32.8 Å². The number of carbonyl (C=O) groups excluding carboxylic acids is 4. The van der Waals surface area contributed by atoms with Crippen molar-refractivity contribution >= 4 is 39.5 Å². The zero-order valence-corrected chi connectivity index (χ0v) is 66.9. The Balaban J connectivity index is 5.44. The van der Waals surface area contributed by atoms with E-state index in [4.69, 9.17) is 37.0 Å². The lowest BCUT2D eigenvalue weighted by Gasteiger charge is -2.21. The van der Waals surface area contributed by atoms with Gasteiger partial charge in [-0.15, -0.1) is 0 Å². The first-order valence-electron chi connectivity index (χ1n) is 40.4. The number of unbranched alkanes of at least 4 members (excludes halogenated alkanes) is 28. The smallest absolute Gasteiger partial charge is 0.462 e. The fourth-order valence-corrected chi connectivity index (χ4v) is 12.0. The van der Waals surface area contributed by atoms with E-state index in [0.29, 0.717) is 25.7 Å². The van der Waals surface area contributed by atoms with E-state index in [9.17, 15) is 43.2 Å². The molecule has 0 rings (SSSR count). The van der Waals surface area contributed by atoms with Crippen LogP contribution in [0.15, 0.2) is 134 Å². The van der Waals surface area contributed by atoms with Crippen molar-refractivity contribution < 1.29 is 80.2 Å². The van der Waals surface area contributed by atoms with Crippen molar-refractivity contribution in [3.05, 3.63) is 134 Å². The van der Waals surface area contributed by atoms with E-state index in [-0.39, 0.29) is 25.7 Å². The number of hydrogen-bond acceptors (Lipinski definition) is 15. The van der Waals surface area contributed by atoms with Gasteiger partial charge >= 0.3 is 39.5 Å². The summed E-state index contributed by atoms with van der Waals surface area (Å²) in [7, 11) is -10.00. The van der Waals surface area contributed by atoms with Crippen molar-refractivity contribution in [1.82, 2.24) is 0 Å². The van der Waals surface area contributed by atoms with Crippen molar-refractivity contribution in [2.75, 3.05) is 39.6 Å². The van der Waals surface area contributed by atoms with E-state index in [0.717, 1.165) is 167 Å². The number of aliphatic hydroxyl groups is 1. The van der Waals surface area contributed by atoms with Gasteiger partial charge in [0.1, 0.15) is 19.3 Å². The summed E-state index contributed by atoms with van der Waals surface area (Å²) in [5.74, 6) is -2.36. The minimum Gasteiger partial charge on any atom is -0.462 e. The number of ether oxygens (including phenoxy) is 4. The number of carbonyl (C=O) groups is 4. The summed E-state index contributed by atoms with van der Waals surface area (Å²) in [6.45, 7) is 4.56. The van der Waals surface area contributed by atoms with Gasteiger partial charge in [0.2, 0.25) is 0 Å². The number of phosphoric ester groups is 2. The zero-order valence-electron chi connectivity index (χ0n) is 65.2. The number of rotatable bonds is 75. The highest BCUT2D eigenvalue weighted by molar-refractivity contribution is 7.47. The van der Waals surface area contributed by atoms with Crippen LogP contribution in [-0.4, -0.2) is 96.7 Å². The van der Waals surface area contributed by atoms with Gasteiger partial charge in [-0.1, -0.05) is 283 Å². The highest BCUT2D eigenvalue weighted by Gasteiger charge is 2.30. The fourth-order valence-electron chi connectivity index (χ4n) is 10.4. The average Bonchev–Trinajstić information content (AvgIpc) is 0.912. The molecular formula is C85H144O17P2. The van der Waals surface area contributed by atoms with Crippen LogP contribution >= 0.6 is 15.6 Å². The summed E-state index contributed by atoms with van der Waals surface area (Å²) in [4.78, 5) is 73.0. The number of allylic oxidation sites excluding steroid dienone is 21. The summed E-state index contributed by atoms with van der Waals surface area (Å²) in [5, 5.41) is 10.6. The van der Waals surface area contributed by atoms with E-state index in [2.05, 4.69) is 137 Å². The molecule has 19 heteroatoms. The topological polar surface area (TPSA) is 237 Å². The Labute approximate surface area is 631 Å².